The molecule has 17 heavy (non-hydrogen) atoms. The van der Waals surface area contributed by atoms with Crippen LogP contribution in [0.5, 0.6) is 11.5 Å². The van der Waals surface area contributed by atoms with Gasteiger partial charge in [-0.2, -0.15) is 0 Å². The third kappa shape index (κ3) is 5.06. The average molecular weight is 235 g/mol. The Balaban J connectivity index is 2.26. The number of rotatable bonds is 6. The van der Waals surface area contributed by atoms with Gasteiger partial charge in [-0.3, -0.25) is 4.79 Å². The first-order chi connectivity index (χ1) is 8.24. The maximum atomic E-state index is 11.3. The molecule has 1 rings (SSSR count). The highest BCUT2D eigenvalue weighted by molar-refractivity contribution is 5.77. The summed E-state index contributed by atoms with van der Waals surface area (Å²) in [6.07, 6.45) is 4.72. The molecular formula is C13H17NO3. The summed E-state index contributed by atoms with van der Waals surface area (Å²) in [5, 5.41) is 12.1. The van der Waals surface area contributed by atoms with Gasteiger partial charge in [-0.25, -0.2) is 0 Å². The second-order valence-corrected chi connectivity index (χ2v) is 3.46. The Morgan fingerprint density at radius 3 is 2.94 bits per heavy atom. The molecule has 1 amide bonds. The van der Waals surface area contributed by atoms with E-state index in [1.807, 2.05) is 19.1 Å². The number of allylic oxidation sites excluding steroid dienone is 1. The standard InChI is InChI=1S/C13H17NO3/c1-2-3-6-9-14-13(16)10-17-12-8-5-4-7-11(12)15/h2-5,7-8,15H,6,9-10H2,1H3,(H,14,16)/b3-2+. The minimum absolute atomic E-state index is 0.0363. The molecule has 4 nitrogen and oxygen atoms in total. The maximum absolute atomic E-state index is 11.3. The Labute approximate surface area is 101 Å². The number of aromatic hydroxyl groups is 1. The summed E-state index contributed by atoms with van der Waals surface area (Å²) in [7, 11) is 0. The van der Waals surface area contributed by atoms with Crippen molar-refractivity contribution in [3.63, 3.8) is 0 Å². The van der Waals surface area contributed by atoms with E-state index in [9.17, 15) is 9.90 Å². The molecule has 0 aliphatic rings. The second kappa shape index (κ2) is 7.33. The fourth-order valence-electron chi connectivity index (χ4n) is 1.24. The summed E-state index contributed by atoms with van der Waals surface area (Å²) in [6, 6.07) is 6.56. The number of phenolic OH excluding ortho intramolecular Hbond substituents is 1. The van der Waals surface area contributed by atoms with Crippen LogP contribution in [0.15, 0.2) is 36.4 Å². The smallest absolute Gasteiger partial charge is 0.257 e. The first kappa shape index (κ1) is 13.1. The normalized spacial score (nSPS) is 10.4. The van der Waals surface area contributed by atoms with Crippen LogP contribution in [0.3, 0.4) is 0 Å². The molecule has 1 aromatic rings. The number of benzene rings is 1. The van der Waals surface area contributed by atoms with Gasteiger partial charge >= 0.3 is 0 Å². The number of carbonyl (C=O) groups excluding carboxylic acids is 1. The monoisotopic (exact) mass is 235 g/mol. The van der Waals surface area contributed by atoms with Gasteiger partial charge in [0.15, 0.2) is 18.1 Å². The van der Waals surface area contributed by atoms with Crippen molar-refractivity contribution in [2.75, 3.05) is 13.2 Å². The maximum Gasteiger partial charge on any atom is 0.257 e. The van der Waals surface area contributed by atoms with E-state index >= 15 is 0 Å². The van der Waals surface area contributed by atoms with E-state index < -0.39 is 0 Å². The molecule has 0 fully saturated rings. The summed E-state index contributed by atoms with van der Waals surface area (Å²) < 4.78 is 5.18. The van der Waals surface area contributed by atoms with Crippen molar-refractivity contribution < 1.29 is 14.6 Å². The highest BCUT2D eigenvalue weighted by Crippen LogP contribution is 2.23. The molecule has 0 bridgehead atoms. The number of para-hydroxylation sites is 2. The van der Waals surface area contributed by atoms with Crippen LogP contribution < -0.4 is 10.1 Å². The van der Waals surface area contributed by atoms with Gasteiger partial charge in [0, 0.05) is 6.54 Å². The fraction of sp³-hybridized carbons (Fsp3) is 0.308. The molecule has 92 valence electrons. The van der Waals surface area contributed by atoms with E-state index in [0.29, 0.717) is 12.3 Å². The van der Waals surface area contributed by atoms with E-state index in [-0.39, 0.29) is 18.3 Å². The van der Waals surface area contributed by atoms with Gasteiger partial charge < -0.3 is 15.2 Å². The average Bonchev–Trinajstić information content (AvgIpc) is 2.34. The van der Waals surface area contributed by atoms with Crippen molar-refractivity contribution in [2.24, 2.45) is 0 Å². The lowest BCUT2D eigenvalue weighted by Crippen LogP contribution is -2.29. The zero-order valence-corrected chi connectivity index (χ0v) is 9.85. The first-order valence-corrected chi connectivity index (χ1v) is 5.52. The molecule has 0 aromatic heterocycles. The Morgan fingerprint density at radius 1 is 1.47 bits per heavy atom. The van der Waals surface area contributed by atoms with Crippen LogP contribution in [0.4, 0.5) is 0 Å². The van der Waals surface area contributed by atoms with Crippen LogP contribution in [-0.2, 0) is 4.79 Å². The van der Waals surface area contributed by atoms with Crippen molar-refractivity contribution in [3.05, 3.63) is 36.4 Å². The van der Waals surface area contributed by atoms with Crippen LogP contribution in [0, 0.1) is 0 Å². The zero-order chi connectivity index (χ0) is 12.5. The number of amides is 1. The minimum atomic E-state index is -0.197. The lowest BCUT2D eigenvalue weighted by atomic mass is 10.3. The lowest BCUT2D eigenvalue weighted by molar-refractivity contribution is -0.123. The summed E-state index contributed by atoms with van der Waals surface area (Å²) in [6.45, 7) is 2.43. The molecule has 0 saturated carbocycles. The molecule has 0 unspecified atom stereocenters. The third-order valence-corrected chi connectivity index (χ3v) is 2.09. The minimum Gasteiger partial charge on any atom is -0.504 e. The number of phenols is 1. The van der Waals surface area contributed by atoms with Crippen LogP contribution in [-0.4, -0.2) is 24.2 Å². The first-order valence-electron chi connectivity index (χ1n) is 5.52. The van der Waals surface area contributed by atoms with Crippen molar-refractivity contribution in [1.82, 2.24) is 5.32 Å². The molecule has 0 atom stereocenters. The molecule has 1 aromatic carbocycles. The number of hydrogen-bond donors (Lipinski definition) is 2. The highest BCUT2D eigenvalue weighted by Gasteiger charge is 2.04. The van der Waals surface area contributed by atoms with Gasteiger partial charge in [0.05, 0.1) is 0 Å². The lowest BCUT2D eigenvalue weighted by Gasteiger charge is -2.07. The summed E-state index contributed by atoms with van der Waals surface area (Å²) in [4.78, 5) is 11.3. The molecule has 4 heteroatoms. The molecule has 0 saturated heterocycles. The van der Waals surface area contributed by atoms with Crippen molar-refractivity contribution >= 4 is 5.91 Å². The van der Waals surface area contributed by atoms with E-state index in [1.165, 1.54) is 6.07 Å². The molecular weight excluding hydrogens is 218 g/mol. The Kier molecular flexibility index (Phi) is 5.64. The van der Waals surface area contributed by atoms with Gasteiger partial charge in [0.25, 0.3) is 5.91 Å². The number of nitrogens with one attached hydrogen (secondary N) is 1. The molecule has 0 aliphatic carbocycles. The predicted molar refractivity (Wildman–Crippen MR) is 66.0 cm³/mol. The van der Waals surface area contributed by atoms with Crippen LogP contribution in [0.25, 0.3) is 0 Å². The van der Waals surface area contributed by atoms with Gasteiger partial charge in [-0.05, 0) is 25.5 Å². The van der Waals surface area contributed by atoms with Crippen molar-refractivity contribution in [2.45, 2.75) is 13.3 Å². The topological polar surface area (TPSA) is 58.6 Å². The summed E-state index contributed by atoms with van der Waals surface area (Å²) >= 11 is 0. The summed E-state index contributed by atoms with van der Waals surface area (Å²) in [5.41, 5.74) is 0. The quantitative estimate of drug-likeness (QED) is 0.584. The van der Waals surface area contributed by atoms with E-state index in [1.54, 1.807) is 18.2 Å². The van der Waals surface area contributed by atoms with E-state index in [0.717, 1.165) is 6.42 Å². The number of hydrogen-bond acceptors (Lipinski definition) is 3. The third-order valence-electron chi connectivity index (χ3n) is 2.09. The van der Waals surface area contributed by atoms with Gasteiger partial charge in [-0.1, -0.05) is 24.3 Å². The van der Waals surface area contributed by atoms with Crippen LogP contribution in [0.1, 0.15) is 13.3 Å². The number of ether oxygens (including phenoxy) is 1. The molecule has 0 radical (unpaired) electrons. The Hall–Kier alpha value is -1.97. The van der Waals surface area contributed by atoms with E-state index in [2.05, 4.69) is 5.32 Å². The zero-order valence-electron chi connectivity index (χ0n) is 9.85. The van der Waals surface area contributed by atoms with Crippen LogP contribution >= 0.6 is 0 Å². The molecule has 2 N–H and O–H groups in total. The second-order valence-electron chi connectivity index (χ2n) is 3.46. The molecule has 0 aliphatic heterocycles. The van der Waals surface area contributed by atoms with Crippen molar-refractivity contribution in [3.8, 4) is 11.5 Å². The van der Waals surface area contributed by atoms with Crippen molar-refractivity contribution in [1.29, 1.82) is 0 Å². The number of carbonyl (C=O) groups is 1. The highest BCUT2D eigenvalue weighted by atomic mass is 16.5. The van der Waals surface area contributed by atoms with Crippen LogP contribution in [0.2, 0.25) is 0 Å². The Morgan fingerprint density at radius 2 is 2.24 bits per heavy atom. The predicted octanol–water partition coefficient (Wildman–Crippen LogP) is 1.85. The summed E-state index contributed by atoms with van der Waals surface area (Å²) in [5.74, 6) is 0.156. The largest absolute Gasteiger partial charge is 0.504 e. The van der Waals surface area contributed by atoms with Gasteiger partial charge in [-0.15, -0.1) is 0 Å². The SMILES string of the molecule is C/C=C/CCNC(=O)COc1ccccc1O. The van der Waals surface area contributed by atoms with E-state index in [4.69, 9.17) is 4.74 Å². The van der Waals surface area contributed by atoms with Gasteiger partial charge in [0.2, 0.25) is 0 Å². The molecule has 0 heterocycles. The Bertz CT molecular complexity index is 388. The fourth-order valence-corrected chi connectivity index (χ4v) is 1.24. The molecule has 0 spiro atoms. The van der Waals surface area contributed by atoms with Gasteiger partial charge in [0.1, 0.15) is 0 Å².